The standard InChI is InChI=1S/C17H23F3N4O/c1-2-21-7-8-24-15-12(9-11-3-4-14(15)25-11)13(23-24)10-22-16(5-6-16)17(18,19)20/h2,11,14,22H,3-10H2,1H3. The molecule has 1 N–H and O–H groups in total. The molecule has 2 atom stereocenters. The van der Waals surface area contributed by atoms with E-state index in [-0.39, 0.29) is 31.6 Å². The molecule has 1 saturated carbocycles. The van der Waals surface area contributed by atoms with Gasteiger partial charge in [-0.15, -0.1) is 0 Å². The van der Waals surface area contributed by atoms with E-state index >= 15 is 0 Å². The van der Waals surface area contributed by atoms with E-state index in [0.717, 1.165) is 36.2 Å². The lowest BCUT2D eigenvalue weighted by Gasteiger charge is -2.23. The van der Waals surface area contributed by atoms with Crippen LogP contribution in [0.2, 0.25) is 0 Å². The van der Waals surface area contributed by atoms with Crippen LogP contribution in [0.3, 0.4) is 0 Å². The quantitative estimate of drug-likeness (QED) is 0.798. The van der Waals surface area contributed by atoms with Crippen molar-refractivity contribution in [3.63, 3.8) is 0 Å². The van der Waals surface area contributed by atoms with Gasteiger partial charge in [0, 0.05) is 18.5 Å². The zero-order valence-corrected chi connectivity index (χ0v) is 14.3. The van der Waals surface area contributed by atoms with Crippen LogP contribution in [0.1, 0.15) is 55.7 Å². The number of hydrogen-bond donors (Lipinski definition) is 1. The number of halogens is 3. The summed E-state index contributed by atoms with van der Waals surface area (Å²) in [6, 6.07) is 0. The molecule has 8 heteroatoms. The Balaban J connectivity index is 1.57. The number of aliphatic imine (C=N–C) groups is 1. The summed E-state index contributed by atoms with van der Waals surface area (Å²) < 4.78 is 47.4. The third kappa shape index (κ3) is 2.99. The average Bonchev–Trinajstić information content (AvgIpc) is 3.18. The third-order valence-corrected chi connectivity index (χ3v) is 5.53. The van der Waals surface area contributed by atoms with Gasteiger partial charge in [-0.25, -0.2) is 0 Å². The van der Waals surface area contributed by atoms with Gasteiger partial charge in [-0.1, -0.05) is 0 Å². The highest BCUT2D eigenvalue weighted by atomic mass is 19.4. The SMILES string of the molecule is CC=NCCn1nc(CNC2(C(F)(F)F)CC2)c2c1C1CCC(C2)O1. The Bertz CT molecular complexity index is 678. The van der Waals surface area contributed by atoms with Gasteiger partial charge in [0.05, 0.1) is 36.7 Å². The summed E-state index contributed by atoms with van der Waals surface area (Å²) in [6.07, 6.45) is 0.773. The Labute approximate surface area is 144 Å². The third-order valence-electron chi connectivity index (χ3n) is 5.53. The van der Waals surface area contributed by atoms with Crippen LogP contribution >= 0.6 is 0 Å². The molecule has 1 saturated heterocycles. The van der Waals surface area contributed by atoms with E-state index in [4.69, 9.17) is 4.74 Å². The summed E-state index contributed by atoms with van der Waals surface area (Å²) in [4.78, 5) is 4.22. The van der Waals surface area contributed by atoms with Crippen molar-refractivity contribution >= 4 is 6.21 Å². The van der Waals surface area contributed by atoms with Gasteiger partial charge in [0.25, 0.3) is 0 Å². The molecule has 2 aliphatic heterocycles. The Hall–Kier alpha value is -1.41. The molecule has 0 amide bonds. The molecule has 5 nitrogen and oxygen atoms in total. The van der Waals surface area contributed by atoms with Crippen molar-refractivity contribution in [1.29, 1.82) is 0 Å². The molecule has 2 fully saturated rings. The van der Waals surface area contributed by atoms with Crippen LogP contribution in [0.5, 0.6) is 0 Å². The minimum atomic E-state index is -4.20. The lowest BCUT2D eigenvalue weighted by molar-refractivity contribution is -0.166. The smallest absolute Gasteiger partial charge is 0.368 e. The van der Waals surface area contributed by atoms with Crippen LogP contribution in [0.15, 0.2) is 4.99 Å². The first-order valence-corrected chi connectivity index (χ1v) is 8.93. The average molecular weight is 356 g/mol. The Morgan fingerprint density at radius 1 is 1.40 bits per heavy atom. The molecule has 2 bridgehead atoms. The molecular weight excluding hydrogens is 333 g/mol. The minimum absolute atomic E-state index is 0.0260. The van der Waals surface area contributed by atoms with E-state index in [1.54, 1.807) is 6.21 Å². The predicted molar refractivity (Wildman–Crippen MR) is 86.7 cm³/mol. The summed E-state index contributed by atoms with van der Waals surface area (Å²) in [6.45, 7) is 3.26. The van der Waals surface area contributed by atoms with Crippen molar-refractivity contribution in [3.05, 3.63) is 17.0 Å². The van der Waals surface area contributed by atoms with E-state index in [1.165, 1.54) is 0 Å². The Kier molecular flexibility index (Phi) is 4.15. The highest BCUT2D eigenvalue weighted by molar-refractivity contribution is 5.53. The molecule has 138 valence electrons. The van der Waals surface area contributed by atoms with Crippen molar-refractivity contribution in [2.45, 2.75) is 76.0 Å². The van der Waals surface area contributed by atoms with Crippen LogP contribution in [0.4, 0.5) is 13.2 Å². The number of aromatic nitrogens is 2. The fourth-order valence-corrected chi connectivity index (χ4v) is 3.96. The summed E-state index contributed by atoms with van der Waals surface area (Å²) in [5, 5.41) is 7.36. The molecule has 1 aliphatic carbocycles. The van der Waals surface area contributed by atoms with Crippen LogP contribution in [-0.4, -0.2) is 40.4 Å². The van der Waals surface area contributed by atoms with Crippen molar-refractivity contribution in [2.75, 3.05) is 6.54 Å². The number of rotatable bonds is 6. The largest absolute Gasteiger partial charge is 0.406 e. The first kappa shape index (κ1) is 17.0. The second-order valence-electron chi connectivity index (χ2n) is 7.16. The number of alkyl halides is 3. The van der Waals surface area contributed by atoms with Crippen LogP contribution in [0, 0.1) is 0 Å². The van der Waals surface area contributed by atoms with E-state index in [2.05, 4.69) is 15.4 Å². The molecule has 4 rings (SSSR count). The highest BCUT2D eigenvalue weighted by Crippen LogP contribution is 2.49. The molecular formula is C17H23F3N4O. The zero-order valence-electron chi connectivity index (χ0n) is 14.3. The van der Waals surface area contributed by atoms with Crippen LogP contribution in [-0.2, 0) is 24.2 Å². The molecule has 1 aromatic rings. The van der Waals surface area contributed by atoms with Crippen LogP contribution in [0.25, 0.3) is 0 Å². The lowest BCUT2D eigenvalue weighted by Crippen LogP contribution is -2.44. The number of nitrogens with zero attached hydrogens (tertiary/aromatic N) is 3. The summed E-state index contributed by atoms with van der Waals surface area (Å²) in [5.41, 5.74) is 1.17. The van der Waals surface area contributed by atoms with Gasteiger partial charge in [0.2, 0.25) is 0 Å². The molecule has 0 spiro atoms. The number of fused-ring (bicyclic) bond motifs is 4. The summed E-state index contributed by atoms with van der Waals surface area (Å²) >= 11 is 0. The molecule has 2 unspecified atom stereocenters. The van der Waals surface area contributed by atoms with E-state index in [0.29, 0.717) is 13.1 Å². The van der Waals surface area contributed by atoms with Gasteiger partial charge in [0.1, 0.15) is 5.54 Å². The van der Waals surface area contributed by atoms with Gasteiger partial charge in [-0.05, 0) is 38.8 Å². The highest BCUT2D eigenvalue weighted by Gasteiger charge is 2.63. The van der Waals surface area contributed by atoms with E-state index in [9.17, 15) is 13.2 Å². The minimum Gasteiger partial charge on any atom is -0.368 e. The molecule has 0 aromatic carbocycles. The molecule has 25 heavy (non-hydrogen) atoms. The maximum Gasteiger partial charge on any atom is 0.406 e. The Morgan fingerprint density at radius 3 is 2.88 bits per heavy atom. The van der Waals surface area contributed by atoms with Crippen LogP contribution < -0.4 is 5.32 Å². The second-order valence-corrected chi connectivity index (χ2v) is 7.16. The lowest BCUT2D eigenvalue weighted by atomic mass is 10.0. The fraction of sp³-hybridized carbons (Fsp3) is 0.765. The zero-order chi connectivity index (χ0) is 17.7. The molecule has 3 heterocycles. The number of hydrogen-bond acceptors (Lipinski definition) is 4. The summed E-state index contributed by atoms with van der Waals surface area (Å²) in [7, 11) is 0. The predicted octanol–water partition coefficient (Wildman–Crippen LogP) is 2.93. The maximum absolute atomic E-state index is 13.2. The molecule has 0 radical (unpaired) electrons. The van der Waals surface area contributed by atoms with Gasteiger partial charge in [-0.3, -0.25) is 15.0 Å². The number of ether oxygens (including phenoxy) is 1. The molecule has 1 aromatic heterocycles. The fourth-order valence-electron chi connectivity index (χ4n) is 3.96. The van der Waals surface area contributed by atoms with Gasteiger partial charge in [-0.2, -0.15) is 18.3 Å². The van der Waals surface area contributed by atoms with E-state index < -0.39 is 11.7 Å². The van der Waals surface area contributed by atoms with Crippen molar-refractivity contribution in [2.24, 2.45) is 4.99 Å². The molecule has 3 aliphatic rings. The monoisotopic (exact) mass is 356 g/mol. The first-order chi connectivity index (χ1) is 11.9. The summed E-state index contributed by atoms with van der Waals surface area (Å²) in [5.74, 6) is 0. The van der Waals surface area contributed by atoms with Crippen molar-refractivity contribution in [1.82, 2.24) is 15.1 Å². The maximum atomic E-state index is 13.2. The second kappa shape index (κ2) is 6.09. The van der Waals surface area contributed by atoms with Gasteiger partial charge in [0.15, 0.2) is 0 Å². The Morgan fingerprint density at radius 2 is 2.20 bits per heavy atom. The van der Waals surface area contributed by atoms with E-state index in [1.807, 2.05) is 11.6 Å². The first-order valence-electron chi connectivity index (χ1n) is 8.93. The van der Waals surface area contributed by atoms with Crippen molar-refractivity contribution in [3.8, 4) is 0 Å². The van der Waals surface area contributed by atoms with Gasteiger partial charge < -0.3 is 4.74 Å². The van der Waals surface area contributed by atoms with Gasteiger partial charge >= 0.3 is 6.18 Å². The van der Waals surface area contributed by atoms with Crippen molar-refractivity contribution < 1.29 is 17.9 Å². The number of nitrogens with one attached hydrogen (secondary N) is 1. The topological polar surface area (TPSA) is 51.4 Å². The normalized spacial score (nSPS) is 27.0.